The lowest BCUT2D eigenvalue weighted by Crippen LogP contribution is -2.01. The Bertz CT molecular complexity index is 584. The Hall–Kier alpha value is -2.63. The van der Waals surface area contributed by atoms with Crippen molar-refractivity contribution in [1.82, 2.24) is 9.97 Å². The molecular weight excluding hydrogens is 260 g/mol. The highest BCUT2D eigenvalue weighted by atomic mass is 16.5. The van der Waals surface area contributed by atoms with Crippen molar-refractivity contribution in [2.24, 2.45) is 0 Å². The lowest BCUT2D eigenvalue weighted by Gasteiger charge is -2.09. The molecule has 0 aliphatic heterocycles. The third-order valence-electron chi connectivity index (χ3n) is 2.54. The van der Waals surface area contributed by atoms with Gasteiger partial charge in [-0.15, -0.1) is 0 Å². The lowest BCUT2D eigenvalue weighted by atomic mass is 10.3. The van der Waals surface area contributed by atoms with Crippen molar-refractivity contribution < 1.29 is 19.4 Å². The normalized spacial score (nSPS) is 10.1. The van der Waals surface area contributed by atoms with E-state index in [0.29, 0.717) is 29.5 Å². The number of hydrogen-bond acceptors (Lipinski definition) is 5. The van der Waals surface area contributed by atoms with Gasteiger partial charge in [0.1, 0.15) is 5.82 Å². The molecule has 0 unspecified atom stereocenters. The van der Waals surface area contributed by atoms with Gasteiger partial charge in [-0.2, -0.15) is 0 Å². The molecule has 0 saturated carbocycles. The van der Waals surface area contributed by atoms with Crippen LogP contribution >= 0.6 is 0 Å². The summed E-state index contributed by atoms with van der Waals surface area (Å²) in [5.74, 6) is 1.25. The second-order valence-corrected chi connectivity index (χ2v) is 3.98. The van der Waals surface area contributed by atoms with E-state index in [-0.39, 0.29) is 6.42 Å². The van der Waals surface area contributed by atoms with Crippen LogP contribution in [0.4, 0.5) is 0 Å². The van der Waals surface area contributed by atoms with Crippen LogP contribution in [0.15, 0.2) is 36.7 Å². The zero-order valence-electron chi connectivity index (χ0n) is 10.9. The molecule has 0 aliphatic rings. The number of nitrogens with zero attached hydrogens (tertiary/aromatic N) is 2. The minimum Gasteiger partial charge on any atom is -0.493 e. The molecule has 104 valence electrons. The molecular formula is C14H14N2O4. The Balaban J connectivity index is 2.05. The summed E-state index contributed by atoms with van der Waals surface area (Å²) in [4.78, 5) is 18.6. The average Bonchev–Trinajstić information content (AvgIpc) is 2.47. The van der Waals surface area contributed by atoms with E-state index in [9.17, 15) is 4.79 Å². The molecule has 0 amide bonds. The standard InChI is InChI=1S/C14H14N2O4/c1-19-11-4-2-3-5-12(11)20-10-8-15-13(16-9-10)6-7-14(17)18/h2-5,8-9H,6-7H2,1H3,(H,17,18). The number of carbonyl (C=O) groups is 1. The Morgan fingerprint density at radius 2 is 1.85 bits per heavy atom. The highest BCUT2D eigenvalue weighted by Gasteiger charge is 2.06. The van der Waals surface area contributed by atoms with Crippen LogP contribution in [-0.2, 0) is 11.2 Å². The molecule has 1 N–H and O–H groups in total. The number of aromatic nitrogens is 2. The van der Waals surface area contributed by atoms with E-state index >= 15 is 0 Å². The van der Waals surface area contributed by atoms with Crippen LogP contribution in [0.1, 0.15) is 12.2 Å². The third-order valence-corrected chi connectivity index (χ3v) is 2.54. The summed E-state index contributed by atoms with van der Waals surface area (Å²) in [7, 11) is 1.56. The monoisotopic (exact) mass is 274 g/mol. The summed E-state index contributed by atoms with van der Waals surface area (Å²) >= 11 is 0. The molecule has 0 bridgehead atoms. The first-order valence-corrected chi connectivity index (χ1v) is 6.02. The van der Waals surface area contributed by atoms with Crippen molar-refractivity contribution in [2.45, 2.75) is 12.8 Å². The largest absolute Gasteiger partial charge is 0.493 e. The molecule has 2 aromatic rings. The highest BCUT2D eigenvalue weighted by molar-refractivity contribution is 5.66. The number of hydrogen-bond donors (Lipinski definition) is 1. The molecule has 1 aromatic heterocycles. The molecule has 0 fully saturated rings. The summed E-state index contributed by atoms with van der Waals surface area (Å²) in [5, 5.41) is 8.59. The molecule has 0 spiro atoms. The maximum Gasteiger partial charge on any atom is 0.303 e. The van der Waals surface area contributed by atoms with E-state index < -0.39 is 5.97 Å². The van der Waals surface area contributed by atoms with E-state index in [1.807, 2.05) is 12.1 Å². The third kappa shape index (κ3) is 3.68. The summed E-state index contributed by atoms with van der Waals surface area (Å²) < 4.78 is 10.8. The summed E-state index contributed by atoms with van der Waals surface area (Å²) in [6, 6.07) is 7.24. The number of aliphatic carboxylic acids is 1. The molecule has 0 atom stereocenters. The van der Waals surface area contributed by atoms with Gasteiger partial charge in [-0.3, -0.25) is 4.79 Å². The van der Waals surface area contributed by atoms with Gasteiger partial charge in [-0.25, -0.2) is 9.97 Å². The maximum absolute atomic E-state index is 10.5. The van der Waals surface area contributed by atoms with Gasteiger partial charge in [-0.05, 0) is 12.1 Å². The summed E-state index contributed by atoms with van der Waals surface area (Å²) in [6.45, 7) is 0. The van der Waals surface area contributed by atoms with Crippen LogP contribution in [0.5, 0.6) is 17.2 Å². The molecule has 20 heavy (non-hydrogen) atoms. The van der Waals surface area contributed by atoms with Crippen molar-refractivity contribution in [3.63, 3.8) is 0 Å². The van der Waals surface area contributed by atoms with Crippen LogP contribution in [0.2, 0.25) is 0 Å². The van der Waals surface area contributed by atoms with E-state index in [4.69, 9.17) is 14.6 Å². The second-order valence-electron chi connectivity index (χ2n) is 3.98. The van der Waals surface area contributed by atoms with Crippen LogP contribution < -0.4 is 9.47 Å². The van der Waals surface area contributed by atoms with Crippen molar-refractivity contribution in [1.29, 1.82) is 0 Å². The molecule has 2 rings (SSSR count). The fourth-order valence-corrected chi connectivity index (χ4v) is 1.57. The first kappa shape index (κ1) is 13.8. The highest BCUT2D eigenvalue weighted by Crippen LogP contribution is 2.30. The van der Waals surface area contributed by atoms with Gasteiger partial charge >= 0.3 is 5.97 Å². The number of aryl methyl sites for hydroxylation is 1. The quantitative estimate of drug-likeness (QED) is 0.870. The number of carboxylic acids is 1. The topological polar surface area (TPSA) is 81.5 Å². The second kappa shape index (κ2) is 6.51. The smallest absolute Gasteiger partial charge is 0.303 e. The first-order valence-electron chi connectivity index (χ1n) is 6.02. The van der Waals surface area contributed by atoms with Gasteiger partial charge < -0.3 is 14.6 Å². The Morgan fingerprint density at radius 1 is 1.20 bits per heavy atom. The van der Waals surface area contributed by atoms with Crippen LogP contribution in [0.3, 0.4) is 0 Å². The van der Waals surface area contributed by atoms with E-state index in [1.54, 1.807) is 19.2 Å². The fourth-order valence-electron chi connectivity index (χ4n) is 1.57. The average molecular weight is 274 g/mol. The Kier molecular flexibility index (Phi) is 4.49. The molecule has 6 heteroatoms. The zero-order chi connectivity index (χ0) is 14.4. The number of benzene rings is 1. The van der Waals surface area contributed by atoms with Crippen molar-refractivity contribution in [3.8, 4) is 17.2 Å². The lowest BCUT2D eigenvalue weighted by molar-refractivity contribution is -0.137. The van der Waals surface area contributed by atoms with E-state index in [2.05, 4.69) is 9.97 Å². The van der Waals surface area contributed by atoms with E-state index in [1.165, 1.54) is 12.4 Å². The van der Waals surface area contributed by atoms with Crippen molar-refractivity contribution in [2.75, 3.05) is 7.11 Å². The van der Waals surface area contributed by atoms with Crippen LogP contribution in [0.25, 0.3) is 0 Å². The van der Waals surface area contributed by atoms with Gasteiger partial charge in [0.05, 0.1) is 25.9 Å². The van der Waals surface area contributed by atoms with Gasteiger partial charge in [-0.1, -0.05) is 12.1 Å². The predicted molar refractivity (Wildman–Crippen MR) is 71.1 cm³/mol. The van der Waals surface area contributed by atoms with Crippen LogP contribution in [-0.4, -0.2) is 28.2 Å². The van der Waals surface area contributed by atoms with Gasteiger partial charge in [0.2, 0.25) is 0 Å². The number of rotatable bonds is 6. The van der Waals surface area contributed by atoms with Crippen LogP contribution in [0, 0.1) is 0 Å². The SMILES string of the molecule is COc1ccccc1Oc1cnc(CCC(=O)O)nc1. The predicted octanol–water partition coefficient (Wildman–Crippen LogP) is 2.29. The molecule has 0 radical (unpaired) electrons. The molecule has 1 heterocycles. The van der Waals surface area contributed by atoms with E-state index in [0.717, 1.165) is 0 Å². The first-order chi connectivity index (χ1) is 9.69. The zero-order valence-corrected chi connectivity index (χ0v) is 10.9. The molecule has 0 aliphatic carbocycles. The molecule has 1 aromatic carbocycles. The van der Waals surface area contributed by atoms with Gasteiger partial charge in [0.25, 0.3) is 0 Å². The number of methoxy groups -OCH3 is 1. The number of ether oxygens (including phenoxy) is 2. The summed E-state index contributed by atoms with van der Waals surface area (Å²) in [5.41, 5.74) is 0. The van der Waals surface area contributed by atoms with Crippen molar-refractivity contribution >= 4 is 5.97 Å². The number of carboxylic acid groups (broad SMARTS) is 1. The Labute approximate surface area is 116 Å². The van der Waals surface area contributed by atoms with Gasteiger partial charge in [0, 0.05) is 6.42 Å². The minimum atomic E-state index is -0.872. The molecule has 0 saturated heterocycles. The Morgan fingerprint density at radius 3 is 2.45 bits per heavy atom. The minimum absolute atomic E-state index is 0.00666. The maximum atomic E-state index is 10.5. The number of para-hydroxylation sites is 2. The molecule has 6 nitrogen and oxygen atoms in total. The fraction of sp³-hybridized carbons (Fsp3) is 0.214. The van der Waals surface area contributed by atoms with Crippen molar-refractivity contribution in [3.05, 3.63) is 42.5 Å². The summed E-state index contributed by atoms with van der Waals surface area (Å²) in [6.07, 6.45) is 3.32. The van der Waals surface area contributed by atoms with Gasteiger partial charge in [0.15, 0.2) is 17.2 Å².